The van der Waals surface area contributed by atoms with Crippen molar-refractivity contribution >= 4 is 11.7 Å². The third kappa shape index (κ3) is 3.44. The summed E-state index contributed by atoms with van der Waals surface area (Å²) in [5, 5.41) is 7.77. The summed E-state index contributed by atoms with van der Waals surface area (Å²) in [6.07, 6.45) is 2.49. The normalized spacial score (nSPS) is 19.1. The van der Waals surface area contributed by atoms with Crippen LogP contribution in [0.4, 0.5) is 5.95 Å². The van der Waals surface area contributed by atoms with Gasteiger partial charge in [0.25, 0.3) is 0 Å². The number of nitrogens with zero attached hydrogens (tertiary/aromatic N) is 3. The maximum absolute atomic E-state index is 13.7. The van der Waals surface area contributed by atoms with Crippen LogP contribution in [0, 0.1) is 0 Å². The van der Waals surface area contributed by atoms with Crippen molar-refractivity contribution in [3.63, 3.8) is 0 Å². The zero-order chi connectivity index (χ0) is 23.8. The molecule has 0 saturated heterocycles. The van der Waals surface area contributed by atoms with Crippen LogP contribution in [-0.4, -0.2) is 49.0 Å². The highest BCUT2D eigenvalue weighted by atomic mass is 16.5. The van der Waals surface area contributed by atoms with E-state index in [0.717, 1.165) is 16.8 Å². The van der Waals surface area contributed by atoms with E-state index < -0.39 is 6.04 Å². The Morgan fingerprint density at radius 2 is 1.74 bits per heavy atom. The molecule has 176 valence electrons. The predicted octanol–water partition coefficient (Wildman–Crippen LogP) is 3.73. The predicted molar refractivity (Wildman–Crippen MR) is 125 cm³/mol. The molecule has 1 aromatic heterocycles. The van der Waals surface area contributed by atoms with Crippen LogP contribution in [0.5, 0.6) is 23.0 Å². The number of benzene rings is 2. The second-order valence-corrected chi connectivity index (χ2v) is 8.17. The van der Waals surface area contributed by atoms with E-state index in [0.29, 0.717) is 47.4 Å². The highest BCUT2D eigenvalue weighted by Crippen LogP contribution is 2.47. The zero-order valence-corrected chi connectivity index (χ0v) is 19.5. The Balaban J connectivity index is 1.60. The van der Waals surface area contributed by atoms with E-state index in [4.69, 9.17) is 18.9 Å². The monoisotopic (exact) mass is 462 g/mol. The number of methoxy groups -OCH3 is 4. The van der Waals surface area contributed by atoms with Crippen LogP contribution >= 0.6 is 0 Å². The molecule has 1 N–H and O–H groups in total. The molecule has 0 fully saturated rings. The van der Waals surface area contributed by atoms with Gasteiger partial charge in [-0.15, -0.1) is 0 Å². The summed E-state index contributed by atoms with van der Waals surface area (Å²) in [6, 6.07) is 11.0. The number of aromatic nitrogens is 3. The molecule has 3 aromatic rings. The molecule has 2 aliphatic rings. The van der Waals surface area contributed by atoms with Gasteiger partial charge in [0.05, 0.1) is 28.4 Å². The average molecular weight is 463 g/mol. The van der Waals surface area contributed by atoms with E-state index in [9.17, 15) is 4.79 Å². The molecule has 34 heavy (non-hydrogen) atoms. The second-order valence-electron chi connectivity index (χ2n) is 8.17. The number of hydrogen-bond donors (Lipinski definition) is 1. The van der Waals surface area contributed by atoms with Gasteiger partial charge in [-0.25, -0.2) is 4.68 Å². The quantitative estimate of drug-likeness (QED) is 0.592. The molecule has 1 aliphatic carbocycles. The number of fused-ring (bicyclic) bond motifs is 1. The largest absolute Gasteiger partial charge is 0.493 e. The number of ketones is 1. The van der Waals surface area contributed by atoms with Gasteiger partial charge in [-0.1, -0.05) is 18.2 Å². The van der Waals surface area contributed by atoms with E-state index >= 15 is 0 Å². The Morgan fingerprint density at radius 1 is 0.941 bits per heavy atom. The first kappa shape index (κ1) is 21.8. The lowest BCUT2D eigenvalue weighted by Gasteiger charge is -2.35. The lowest BCUT2D eigenvalue weighted by atomic mass is 9.77. The van der Waals surface area contributed by atoms with Crippen molar-refractivity contribution in [2.45, 2.75) is 24.8 Å². The average Bonchev–Trinajstić information content (AvgIpc) is 3.34. The Labute approximate surface area is 197 Å². The van der Waals surface area contributed by atoms with Crippen LogP contribution in [-0.2, 0) is 4.79 Å². The molecular weight excluding hydrogens is 436 g/mol. The smallest absolute Gasteiger partial charge is 0.226 e. The van der Waals surface area contributed by atoms with Gasteiger partial charge in [0.2, 0.25) is 5.95 Å². The summed E-state index contributed by atoms with van der Waals surface area (Å²) < 4.78 is 23.8. The van der Waals surface area contributed by atoms with E-state index in [1.807, 2.05) is 36.4 Å². The van der Waals surface area contributed by atoms with E-state index in [1.54, 1.807) is 33.1 Å². The first-order valence-electron chi connectivity index (χ1n) is 10.9. The summed E-state index contributed by atoms with van der Waals surface area (Å²) in [7, 11) is 6.40. The number of allylic oxidation sites excluding steroid dienone is 2. The Bertz CT molecular complexity index is 1280. The van der Waals surface area contributed by atoms with Crippen LogP contribution in [0.15, 0.2) is 54.0 Å². The van der Waals surface area contributed by atoms with Crippen molar-refractivity contribution in [1.82, 2.24) is 14.8 Å². The molecule has 9 heteroatoms. The van der Waals surface area contributed by atoms with Gasteiger partial charge in [-0.05, 0) is 36.1 Å². The third-order valence-corrected chi connectivity index (χ3v) is 6.47. The first-order chi connectivity index (χ1) is 16.6. The Morgan fingerprint density at radius 3 is 2.47 bits per heavy atom. The topological polar surface area (TPSA) is 96.7 Å². The van der Waals surface area contributed by atoms with Gasteiger partial charge in [-0.2, -0.15) is 10.1 Å². The minimum absolute atomic E-state index is 0.0131. The number of carbonyl (C=O) groups is 1. The molecule has 0 spiro atoms. The first-order valence-corrected chi connectivity index (χ1v) is 10.9. The van der Waals surface area contributed by atoms with Crippen molar-refractivity contribution in [3.8, 4) is 23.0 Å². The summed E-state index contributed by atoms with van der Waals surface area (Å²) >= 11 is 0. The number of anilines is 1. The summed E-state index contributed by atoms with van der Waals surface area (Å²) in [5.41, 5.74) is 3.31. The van der Waals surface area contributed by atoms with Crippen LogP contribution in [0.3, 0.4) is 0 Å². The second kappa shape index (κ2) is 8.74. The van der Waals surface area contributed by atoms with Gasteiger partial charge in [0.1, 0.15) is 12.4 Å². The summed E-state index contributed by atoms with van der Waals surface area (Å²) in [4.78, 5) is 18.1. The summed E-state index contributed by atoms with van der Waals surface area (Å²) in [5.74, 6) is 3.07. The number of nitrogens with one attached hydrogen (secondary N) is 1. The number of Topliss-reactive ketones (excluding diaryl/α,β-unsaturated/α-hetero) is 1. The number of carbonyl (C=O) groups excluding carboxylic acids is 1. The molecule has 1 aliphatic heterocycles. The maximum atomic E-state index is 13.7. The van der Waals surface area contributed by atoms with E-state index in [2.05, 4.69) is 15.4 Å². The van der Waals surface area contributed by atoms with Gasteiger partial charge in [0, 0.05) is 23.3 Å². The highest BCUT2D eigenvalue weighted by molar-refractivity contribution is 6.00. The van der Waals surface area contributed by atoms with Crippen molar-refractivity contribution in [1.29, 1.82) is 0 Å². The van der Waals surface area contributed by atoms with E-state index in [1.165, 1.54) is 6.33 Å². The van der Waals surface area contributed by atoms with Gasteiger partial charge < -0.3 is 24.3 Å². The number of para-hydroxylation sites is 1. The van der Waals surface area contributed by atoms with Crippen molar-refractivity contribution in [2.24, 2.45) is 0 Å². The van der Waals surface area contributed by atoms with Gasteiger partial charge in [0.15, 0.2) is 28.8 Å². The Kier molecular flexibility index (Phi) is 5.61. The molecule has 2 heterocycles. The van der Waals surface area contributed by atoms with Crippen LogP contribution in [0.1, 0.15) is 35.9 Å². The molecule has 9 nitrogen and oxygen atoms in total. The molecular formula is C25H26N4O5. The van der Waals surface area contributed by atoms with Crippen LogP contribution in [0.25, 0.3) is 0 Å². The number of hydrogen-bond acceptors (Lipinski definition) is 8. The standard InChI is InChI=1S/C25H26N4O5/c1-31-19-9-8-14(12-21(19)33-3)15-10-17-22(18(30)11-15)23(29-25(28-17)26-13-27-29)16-6-5-7-20(32-2)24(16)34-4/h5-9,12-13,15,23H,10-11H2,1-4H3,(H,26,27,28)/t15-,23-/m1/s1. The van der Waals surface area contributed by atoms with Crippen molar-refractivity contribution < 1.29 is 23.7 Å². The molecule has 0 unspecified atom stereocenters. The van der Waals surface area contributed by atoms with Crippen LogP contribution < -0.4 is 24.3 Å². The van der Waals surface area contributed by atoms with E-state index in [-0.39, 0.29) is 11.7 Å². The Hall–Kier alpha value is -4.01. The van der Waals surface area contributed by atoms with Gasteiger partial charge in [-0.3, -0.25) is 4.79 Å². The molecule has 0 radical (unpaired) electrons. The lowest BCUT2D eigenvalue weighted by Crippen LogP contribution is -2.33. The van der Waals surface area contributed by atoms with Gasteiger partial charge >= 0.3 is 0 Å². The third-order valence-electron chi connectivity index (χ3n) is 6.47. The number of rotatable bonds is 6. The van der Waals surface area contributed by atoms with Crippen molar-refractivity contribution in [2.75, 3.05) is 33.8 Å². The van der Waals surface area contributed by atoms with Crippen molar-refractivity contribution in [3.05, 3.63) is 65.1 Å². The fraction of sp³-hybridized carbons (Fsp3) is 0.320. The zero-order valence-electron chi connectivity index (χ0n) is 19.5. The minimum atomic E-state index is -0.474. The number of ether oxygens (including phenoxy) is 4. The highest BCUT2D eigenvalue weighted by Gasteiger charge is 2.40. The maximum Gasteiger partial charge on any atom is 0.226 e. The van der Waals surface area contributed by atoms with Crippen LogP contribution in [0.2, 0.25) is 0 Å². The molecule has 0 saturated carbocycles. The summed E-state index contributed by atoms with van der Waals surface area (Å²) in [6.45, 7) is 0. The fourth-order valence-corrected chi connectivity index (χ4v) is 4.91. The molecule has 2 aromatic carbocycles. The SMILES string of the molecule is COc1ccc([C@H]2CC(=O)C3=C(C2)Nc2ncnn2[C@@H]3c2cccc(OC)c2OC)cc1OC. The lowest BCUT2D eigenvalue weighted by molar-refractivity contribution is -0.116. The molecule has 0 bridgehead atoms. The minimum Gasteiger partial charge on any atom is -0.493 e. The fourth-order valence-electron chi connectivity index (χ4n) is 4.91. The molecule has 2 atom stereocenters. The molecule has 0 amide bonds. The molecule has 5 rings (SSSR count).